The van der Waals surface area contributed by atoms with Gasteiger partial charge in [0.1, 0.15) is 0 Å². The molecule has 0 aromatic heterocycles. The Balaban J connectivity index is 2.05. The molecule has 1 heterocycles. The standard InChI is InChI=1S/C15H25NO3/c1-11(2)12-6-5-9-16(12)13(17)10-15(14(18)19)7-3-4-8-15/h11-12H,3-10H2,1-2H3,(H,18,19). The maximum Gasteiger partial charge on any atom is 0.310 e. The molecule has 2 aliphatic rings. The van der Waals surface area contributed by atoms with Gasteiger partial charge < -0.3 is 10.0 Å². The predicted octanol–water partition coefficient (Wildman–Crippen LogP) is 2.67. The fourth-order valence-electron chi connectivity index (χ4n) is 3.70. The van der Waals surface area contributed by atoms with Crippen molar-refractivity contribution in [3.8, 4) is 0 Å². The molecule has 1 aliphatic carbocycles. The Morgan fingerprint density at radius 1 is 1.26 bits per heavy atom. The molecule has 0 radical (unpaired) electrons. The molecule has 1 N–H and O–H groups in total. The molecule has 4 heteroatoms. The zero-order valence-electron chi connectivity index (χ0n) is 12.0. The van der Waals surface area contributed by atoms with Crippen molar-refractivity contribution < 1.29 is 14.7 Å². The van der Waals surface area contributed by atoms with Crippen LogP contribution in [0.4, 0.5) is 0 Å². The smallest absolute Gasteiger partial charge is 0.310 e. The first kappa shape index (κ1) is 14.4. The first-order valence-corrected chi connectivity index (χ1v) is 7.49. The summed E-state index contributed by atoms with van der Waals surface area (Å²) in [6, 6.07) is 0.305. The second kappa shape index (κ2) is 5.51. The Kier molecular flexibility index (Phi) is 4.16. The van der Waals surface area contributed by atoms with E-state index in [0.717, 1.165) is 32.2 Å². The molecular weight excluding hydrogens is 242 g/mol. The summed E-state index contributed by atoms with van der Waals surface area (Å²) in [6.07, 6.45) is 5.51. The van der Waals surface area contributed by atoms with Crippen molar-refractivity contribution in [1.29, 1.82) is 0 Å². The highest BCUT2D eigenvalue weighted by Crippen LogP contribution is 2.42. The van der Waals surface area contributed by atoms with Gasteiger partial charge in [0.05, 0.1) is 5.41 Å². The van der Waals surface area contributed by atoms with Crippen LogP contribution in [0.2, 0.25) is 0 Å². The highest BCUT2D eigenvalue weighted by Gasteiger charge is 2.45. The van der Waals surface area contributed by atoms with Gasteiger partial charge in [0, 0.05) is 19.0 Å². The van der Waals surface area contributed by atoms with Crippen LogP contribution in [0, 0.1) is 11.3 Å². The third-order valence-corrected chi connectivity index (χ3v) is 4.89. The van der Waals surface area contributed by atoms with Crippen molar-refractivity contribution in [3.05, 3.63) is 0 Å². The summed E-state index contributed by atoms with van der Waals surface area (Å²) in [5, 5.41) is 9.46. The van der Waals surface area contributed by atoms with E-state index in [0.29, 0.717) is 24.8 Å². The SMILES string of the molecule is CC(C)C1CCCN1C(=O)CC1(C(=O)O)CCCC1. The summed E-state index contributed by atoms with van der Waals surface area (Å²) in [6.45, 7) is 5.08. The maximum atomic E-state index is 12.5. The Hall–Kier alpha value is -1.06. The van der Waals surface area contributed by atoms with Crippen LogP contribution in [0.25, 0.3) is 0 Å². The summed E-state index contributed by atoms with van der Waals surface area (Å²) >= 11 is 0. The highest BCUT2D eigenvalue weighted by molar-refractivity contribution is 5.85. The molecule has 0 aromatic carbocycles. The van der Waals surface area contributed by atoms with Gasteiger partial charge in [0.15, 0.2) is 0 Å². The molecule has 2 fully saturated rings. The number of aliphatic carboxylic acids is 1. The van der Waals surface area contributed by atoms with E-state index in [1.807, 2.05) is 4.90 Å². The fourth-order valence-corrected chi connectivity index (χ4v) is 3.70. The molecule has 0 bridgehead atoms. The van der Waals surface area contributed by atoms with Gasteiger partial charge in [-0.3, -0.25) is 9.59 Å². The lowest BCUT2D eigenvalue weighted by atomic mass is 9.82. The van der Waals surface area contributed by atoms with E-state index in [1.165, 1.54) is 0 Å². The quantitative estimate of drug-likeness (QED) is 0.852. The Morgan fingerprint density at radius 3 is 2.42 bits per heavy atom. The molecule has 1 saturated heterocycles. The normalized spacial score (nSPS) is 26.1. The van der Waals surface area contributed by atoms with Crippen LogP contribution < -0.4 is 0 Å². The maximum absolute atomic E-state index is 12.5. The molecule has 2 rings (SSSR count). The van der Waals surface area contributed by atoms with Crippen LogP contribution in [0.5, 0.6) is 0 Å². The highest BCUT2D eigenvalue weighted by atomic mass is 16.4. The first-order valence-electron chi connectivity index (χ1n) is 7.49. The lowest BCUT2D eigenvalue weighted by Crippen LogP contribution is -2.42. The molecule has 1 amide bonds. The van der Waals surface area contributed by atoms with Crippen molar-refractivity contribution in [2.75, 3.05) is 6.54 Å². The molecule has 0 aromatic rings. The summed E-state index contributed by atoms with van der Waals surface area (Å²) < 4.78 is 0. The summed E-state index contributed by atoms with van der Waals surface area (Å²) in [5.41, 5.74) is -0.777. The molecule has 108 valence electrons. The minimum Gasteiger partial charge on any atom is -0.481 e. The number of hydrogen-bond acceptors (Lipinski definition) is 2. The van der Waals surface area contributed by atoms with Gasteiger partial charge in [0.25, 0.3) is 0 Å². The number of hydrogen-bond donors (Lipinski definition) is 1. The van der Waals surface area contributed by atoms with E-state index < -0.39 is 11.4 Å². The van der Waals surface area contributed by atoms with Gasteiger partial charge in [-0.15, -0.1) is 0 Å². The molecule has 1 saturated carbocycles. The van der Waals surface area contributed by atoms with E-state index in [9.17, 15) is 14.7 Å². The van der Waals surface area contributed by atoms with E-state index >= 15 is 0 Å². The number of likely N-dealkylation sites (tertiary alicyclic amines) is 1. The average molecular weight is 267 g/mol. The van der Waals surface area contributed by atoms with Crippen LogP contribution in [0.3, 0.4) is 0 Å². The molecule has 1 atom stereocenters. The number of carbonyl (C=O) groups excluding carboxylic acids is 1. The van der Waals surface area contributed by atoms with Crippen LogP contribution >= 0.6 is 0 Å². The number of nitrogens with zero attached hydrogens (tertiary/aromatic N) is 1. The Bertz CT molecular complexity index is 358. The minimum atomic E-state index is -0.779. The zero-order chi connectivity index (χ0) is 14.0. The topological polar surface area (TPSA) is 57.6 Å². The predicted molar refractivity (Wildman–Crippen MR) is 72.7 cm³/mol. The molecule has 4 nitrogen and oxygen atoms in total. The van der Waals surface area contributed by atoms with Crippen LogP contribution in [0.1, 0.15) is 58.8 Å². The van der Waals surface area contributed by atoms with Crippen LogP contribution in [-0.4, -0.2) is 34.5 Å². The van der Waals surface area contributed by atoms with Gasteiger partial charge in [-0.2, -0.15) is 0 Å². The van der Waals surface area contributed by atoms with Crippen molar-refractivity contribution in [2.24, 2.45) is 11.3 Å². The molecule has 1 unspecified atom stereocenters. The van der Waals surface area contributed by atoms with Crippen molar-refractivity contribution in [3.63, 3.8) is 0 Å². The fraction of sp³-hybridized carbons (Fsp3) is 0.867. The third kappa shape index (κ3) is 2.77. The van der Waals surface area contributed by atoms with E-state index in [2.05, 4.69) is 13.8 Å². The van der Waals surface area contributed by atoms with E-state index in [1.54, 1.807) is 0 Å². The summed E-state index contributed by atoms with van der Waals surface area (Å²) in [4.78, 5) is 25.9. The van der Waals surface area contributed by atoms with Crippen LogP contribution in [-0.2, 0) is 9.59 Å². The number of carboxylic acids is 1. The summed E-state index contributed by atoms with van der Waals surface area (Å²) in [7, 11) is 0. The van der Waals surface area contributed by atoms with Gasteiger partial charge in [0.2, 0.25) is 5.91 Å². The second-order valence-electron chi connectivity index (χ2n) is 6.51. The number of amides is 1. The lowest BCUT2D eigenvalue weighted by molar-refractivity contribution is -0.153. The lowest BCUT2D eigenvalue weighted by Gasteiger charge is -2.31. The molecule has 19 heavy (non-hydrogen) atoms. The van der Waals surface area contributed by atoms with E-state index in [4.69, 9.17) is 0 Å². The number of carbonyl (C=O) groups is 2. The third-order valence-electron chi connectivity index (χ3n) is 4.89. The Labute approximate surface area is 115 Å². The molecule has 0 spiro atoms. The monoisotopic (exact) mass is 267 g/mol. The van der Waals surface area contributed by atoms with Gasteiger partial charge in [-0.05, 0) is 31.6 Å². The van der Waals surface area contributed by atoms with Gasteiger partial charge >= 0.3 is 5.97 Å². The average Bonchev–Trinajstić information content (AvgIpc) is 2.97. The van der Waals surface area contributed by atoms with Crippen molar-refractivity contribution >= 4 is 11.9 Å². The number of carboxylic acid groups (broad SMARTS) is 1. The first-order chi connectivity index (χ1) is 8.96. The largest absolute Gasteiger partial charge is 0.481 e. The van der Waals surface area contributed by atoms with E-state index in [-0.39, 0.29) is 12.3 Å². The number of rotatable bonds is 4. The molecule has 1 aliphatic heterocycles. The molecular formula is C15H25NO3. The van der Waals surface area contributed by atoms with Crippen molar-refractivity contribution in [1.82, 2.24) is 4.90 Å². The second-order valence-corrected chi connectivity index (χ2v) is 6.51. The zero-order valence-corrected chi connectivity index (χ0v) is 12.0. The summed E-state index contributed by atoms with van der Waals surface area (Å²) in [5.74, 6) is -0.269. The van der Waals surface area contributed by atoms with Crippen LogP contribution in [0.15, 0.2) is 0 Å². The Morgan fingerprint density at radius 2 is 1.89 bits per heavy atom. The van der Waals surface area contributed by atoms with Gasteiger partial charge in [-0.1, -0.05) is 26.7 Å². The minimum absolute atomic E-state index is 0.0560. The van der Waals surface area contributed by atoms with Crippen molar-refractivity contribution in [2.45, 2.75) is 64.8 Å². The van der Waals surface area contributed by atoms with Gasteiger partial charge in [-0.25, -0.2) is 0 Å².